The van der Waals surface area contributed by atoms with E-state index in [4.69, 9.17) is 28.8 Å². The lowest BCUT2D eigenvalue weighted by Crippen LogP contribution is -2.57. The van der Waals surface area contributed by atoms with Gasteiger partial charge in [0.05, 0.1) is 42.9 Å². The molecule has 0 unspecified atom stereocenters. The molecule has 0 spiro atoms. The van der Waals surface area contributed by atoms with Gasteiger partial charge in [0.2, 0.25) is 16.8 Å². The molecule has 242 valence electrons. The average Bonchev–Trinajstić information content (AvgIpc) is 3.74. The van der Waals surface area contributed by atoms with E-state index in [2.05, 4.69) is 0 Å². The maximum atomic E-state index is 13.9. The van der Waals surface area contributed by atoms with E-state index in [0.29, 0.717) is 35.8 Å². The molecule has 0 aliphatic carbocycles. The van der Waals surface area contributed by atoms with Gasteiger partial charge < -0.3 is 39.0 Å². The molecular formula is C30H40N2O11S. The lowest BCUT2D eigenvalue weighted by atomic mass is 9.93. The summed E-state index contributed by atoms with van der Waals surface area (Å²) < 4.78 is 56.6. The van der Waals surface area contributed by atoms with Crippen LogP contribution in [-0.2, 0) is 25.9 Å². The predicted molar refractivity (Wildman–Crippen MR) is 156 cm³/mol. The van der Waals surface area contributed by atoms with E-state index in [0.717, 1.165) is 0 Å². The molecule has 5 rings (SSSR count). The van der Waals surface area contributed by atoms with Crippen LogP contribution in [0.5, 0.6) is 17.2 Å². The summed E-state index contributed by atoms with van der Waals surface area (Å²) in [5.74, 6) is 0.984. The van der Waals surface area contributed by atoms with Crippen molar-refractivity contribution < 1.29 is 52.2 Å². The predicted octanol–water partition coefficient (Wildman–Crippen LogP) is 2.15. The van der Waals surface area contributed by atoms with Crippen LogP contribution in [0.3, 0.4) is 0 Å². The van der Waals surface area contributed by atoms with E-state index in [1.54, 1.807) is 24.3 Å². The van der Waals surface area contributed by atoms with Crippen molar-refractivity contribution in [3.05, 3.63) is 48.0 Å². The van der Waals surface area contributed by atoms with E-state index in [1.807, 2.05) is 13.8 Å². The van der Waals surface area contributed by atoms with Gasteiger partial charge in [-0.3, -0.25) is 4.90 Å². The van der Waals surface area contributed by atoms with Crippen LogP contribution in [0.1, 0.15) is 25.8 Å². The summed E-state index contributed by atoms with van der Waals surface area (Å²) >= 11 is 0. The Morgan fingerprint density at radius 1 is 1.07 bits per heavy atom. The van der Waals surface area contributed by atoms with E-state index < -0.39 is 40.6 Å². The minimum Gasteiger partial charge on any atom is -0.491 e. The van der Waals surface area contributed by atoms with Crippen LogP contribution in [-0.4, -0.2) is 110 Å². The van der Waals surface area contributed by atoms with Crippen molar-refractivity contribution in [2.24, 2.45) is 11.8 Å². The number of amides is 1. The van der Waals surface area contributed by atoms with Crippen molar-refractivity contribution in [2.45, 2.75) is 56.1 Å². The van der Waals surface area contributed by atoms with Crippen LogP contribution < -0.4 is 14.2 Å². The highest BCUT2D eigenvalue weighted by molar-refractivity contribution is 7.89. The number of sulfonamides is 1. The molecule has 5 atom stereocenters. The number of ether oxygens (including phenoxy) is 5. The zero-order valence-electron chi connectivity index (χ0n) is 24.8. The second-order valence-electron chi connectivity index (χ2n) is 11.6. The maximum absolute atomic E-state index is 13.9. The van der Waals surface area contributed by atoms with E-state index in [9.17, 15) is 23.4 Å². The van der Waals surface area contributed by atoms with Gasteiger partial charge in [0.15, 0.2) is 17.8 Å². The number of hydrogen-bond acceptors (Lipinski definition) is 10. The Morgan fingerprint density at radius 2 is 1.82 bits per heavy atom. The molecule has 1 amide bonds. The quantitative estimate of drug-likeness (QED) is 0.278. The first-order valence-corrected chi connectivity index (χ1v) is 16.2. The Morgan fingerprint density at radius 3 is 2.52 bits per heavy atom. The zero-order valence-corrected chi connectivity index (χ0v) is 25.6. The molecule has 2 aromatic carbocycles. The number of fused-ring (bicyclic) bond motifs is 2. The number of aliphatic hydroxyl groups is 2. The summed E-state index contributed by atoms with van der Waals surface area (Å²) in [4.78, 5) is 14.1. The fraction of sp³-hybridized carbons (Fsp3) is 0.567. The Hall–Kier alpha value is -3.14. The first kappa shape index (κ1) is 32.3. The highest BCUT2D eigenvalue weighted by atomic mass is 32.2. The molecule has 13 nitrogen and oxygen atoms in total. The molecular weight excluding hydrogens is 596 g/mol. The van der Waals surface area contributed by atoms with Gasteiger partial charge in [-0.15, -0.1) is 0 Å². The van der Waals surface area contributed by atoms with Gasteiger partial charge in [0, 0.05) is 25.1 Å². The van der Waals surface area contributed by atoms with Gasteiger partial charge in [-0.1, -0.05) is 26.0 Å². The lowest BCUT2D eigenvalue weighted by molar-refractivity contribution is -0.0906. The average molecular weight is 637 g/mol. The third-order valence-corrected chi connectivity index (χ3v) is 9.89. The molecule has 2 saturated heterocycles. The summed E-state index contributed by atoms with van der Waals surface area (Å²) in [6.07, 6.45) is -2.46. The molecule has 3 heterocycles. The number of carboxylic acid groups (broad SMARTS) is 1. The van der Waals surface area contributed by atoms with Crippen LogP contribution >= 0.6 is 0 Å². The summed E-state index contributed by atoms with van der Waals surface area (Å²) in [6, 6.07) is 9.67. The largest absolute Gasteiger partial charge is 0.491 e. The summed E-state index contributed by atoms with van der Waals surface area (Å²) in [7, 11) is -4.12. The van der Waals surface area contributed by atoms with Crippen LogP contribution in [0.2, 0.25) is 0 Å². The second kappa shape index (κ2) is 13.9. The molecule has 2 fully saturated rings. The fourth-order valence-corrected chi connectivity index (χ4v) is 7.64. The molecule has 0 bridgehead atoms. The van der Waals surface area contributed by atoms with Gasteiger partial charge in [-0.2, -0.15) is 4.31 Å². The third-order valence-electron chi connectivity index (χ3n) is 8.06. The smallest absolute Gasteiger partial charge is 0.407 e. The van der Waals surface area contributed by atoms with Crippen molar-refractivity contribution in [3.8, 4) is 17.2 Å². The highest BCUT2D eigenvalue weighted by Crippen LogP contribution is 2.37. The third kappa shape index (κ3) is 7.05. The summed E-state index contributed by atoms with van der Waals surface area (Å²) in [5.41, 5.74) is 0.712. The minimum atomic E-state index is -4.12. The van der Waals surface area contributed by atoms with Gasteiger partial charge in [0.25, 0.3) is 0 Å². The number of nitrogens with zero attached hydrogens (tertiary/aromatic N) is 2. The summed E-state index contributed by atoms with van der Waals surface area (Å²) in [6.45, 7) is 4.01. The Balaban J connectivity index is 1.45. The Labute approximate surface area is 256 Å². The van der Waals surface area contributed by atoms with Crippen molar-refractivity contribution >= 4 is 16.1 Å². The molecule has 0 radical (unpaired) electrons. The molecule has 44 heavy (non-hydrogen) atoms. The zero-order chi connectivity index (χ0) is 31.4. The summed E-state index contributed by atoms with van der Waals surface area (Å²) in [5, 5.41) is 31.4. The van der Waals surface area contributed by atoms with Gasteiger partial charge >= 0.3 is 6.09 Å². The first-order chi connectivity index (χ1) is 21.1. The maximum Gasteiger partial charge on any atom is 0.407 e. The first-order valence-electron chi connectivity index (χ1n) is 14.7. The van der Waals surface area contributed by atoms with Gasteiger partial charge in [-0.25, -0.2) is 13.2 Å². The number of benzene rings is 2. The van der Waals surface area contributed by atoms with E-state index >= 15 is 0 Å². The Bertz CT molecular complexity index is 1390. The van der Waals surface area contributed by atoms with Crippen molar-refractivity contribution in [2.75, 3.05) is 46.3 Å². The van der Waals surface area contributed by atoms with Gasteiger partial charge in [-0.05, 0) is 48.6 Å². The monoisotopic (exact) mass is 636 g/mol. The van der Waals surface area contributed by atoms with E-state index in [-0.39, 0.29) is 62.9 Å². The standard InChI is InChI=1S/C30H40N2O11S/c1-19(2)15-31(44(37,38)22-7-8-27-28(14-22)43-18-42-27)16-26(34)24(13-20-3-5-21(6-4-20)39-12-10-33)32(30(35)36)25-17-41-29-23(25)9-11-40-29/h3-8,14,19,23-26,29,33-34H,9-13,15-18H2,1-2H3,(H,35,36)/t23-,24-,25-,26+,29+/m0/s1. The topological polar surface area (TPSA) is 165 Å². The fourth-order valence-electron chi connectivity index (χ4n) is 6.00. The SMILES string of the molecule is CC(C)CN(C[C@@H](O)[C@H](Cc1ccc(OCCO)cc1)N(C(=O)O)[C@H]1CO[C@H]2OCC[C@H]21)S(=O)(=O)c1ccc2c(c1)OCO2. The molecule has 3 aliphatic heterocycles. The van der Waals surface area contributed by atoms with Gasteiger partial charge in [0.1, 0.15) is 12.4 Å². The molecule has 3 aliphatic rings. The van der Waals surface area contributed by atoms with Crippen LogP contribution in [0.15, 0.2) is 47.4 Å². The van der Waals surface area contributed by atoms with Crippen LogP contribution in [0.25, 0.3) is 0 Å². The molecule has 0 saturated carbocycles. The van der Waals surface area contributed by atoms with Crippen molar-refractivity contribution in [1.82, 2.24) is 9.21 Å². The normalized spacial score (nSPS) is 22.3. The van der Waals surface area contributed by atoms with Crippen molar-refractivity contribution in [3.63, 3.8) is 0 Å². The van der Waals surface area contributed by atoms with Crippen LogP contribution in [0, 0.1) is 11.8 Å². The molecule has 0 aromatic heterocycles. The number of aliphatic hydroxyl groups excluding tert-OH is 2. The number of hydrogen-bond donors (Lipinski definition) is 3. The second-order valence-corrected chi connectivity index (χ2v) is 13.5. The van der Waals surface area contributed by atoms with Crippen molar-refractivity contribution in [1.29, 1.82) is 0 Å². The molecule has 2 aromatic rings. The minimum absolute atomic E-state index is 0.00767. The molecule has 14 heteroatoms. The lowest BCUT2D eigenvalue weighted by Gasteiger charge is -2.39. The van der Waals surface area contributed by atoms with E-state index in [1.165, 1.54) is 27.4 Å². The number of rotatable bonds is 14. The number of carbonyl (C=O) groups is 1. The Kier molecular flexibility index (Phi) is 10.2. The molecule has 3 N–H and O–H groups in total. The van der Waals surface area contributed by atoms with Crippen LogP contribution in [0.4, 0.5) is 4.79 Å². The highest BCUT2D eigenvalue weighted by Gasteiger charge is 2.49.